The number of rotatable bonds is 3. The zero-order chi connectivity index (χ0) is 20.7. The molecule has 0 amide bonds. The molecule has 0 fully saturated rings. The van der Waals surface area contributed by atoms with E-state index in [0.29, 0.717) is 33.2 Å². The van der Waals surface area contributed by atoms with Gasteiger partial charge in [0.2, 0.25) is 0 Å². The Kier molecular flexibility index (Phi) is 4.63. The van der Waals surface area contributed by atoms with Crippen LogP contribution >= 0.6 is 11.6 Å². The second kappa shape index (κ2) is 7.14. The van der Waals surface area contributed by atoms with Crippen LogP contribution in [-0.2, 0) is 4.74 Å². The number of aryl methyl sites for hydroxylation is 2. The van der Waals surface area contributed by atoms with E-state index in [4.69, 9.17) is 16.3 Å². The number of hydrogen-bond acceptors (Lipinski definition) is 6. The molecule has 0 atom stereocenters. The van der Waals surface area contributed by atoms with Crippen LogP contribution in [0, 0.1) is 13.8 Å². The molecule has 0 spiro atoms. The van der Waals surface area contributed by atoms with Crippen molar-refractivity contribution in [1.29, 1.82) is 0 Å². The number of carbonyl (C=O) groups is 1. The van der Waals surface area contributed by atoms with Gasteiger partial charge in [0.15, 0.2) is 0 Å². The minimum Gasteiger partial charge on any atom is -0.465 e. The average molecular weight is 410 g/mol. The quantitative estimate of drug-likeness (QED) is 0.521. The van der Waals surface area contributed by atoms with E-state index in [2.05, 4.69) is 20.2 Å². The minimum absolute atomic E-state index is 0.201. The summed E-state index contributed by atoms with van der Waals surface area (Å²) < 4.78 is 6.27. The molecular weight excluding hydrogens is 394 g/mol. The van der Waals surface area contributed by atoms with Gasteiger partial charge in [0, 0.05) is 16.8 Å². The fraction of sp³-hybridized carbons (Fsp3) is 0.150. The summed E-state index contributed by atoms with van der Waals surface area (Å²) in [5, 5.41) is 7.50. The number of benzene rings is 1. The molecule has 1 N–H and O–H groups in total. The van der Waals surface area contributed by atoms with E-state index in [1.165, 1.54) is 11.7 Å². The molecule has 4 rings (SSSR count). The van der Waals surface area contributed by atoms with E-state index < -0.39 is 11.5 Å². The summed E-state index contributed by atoms with van der Waals surface area (Å²) in [4.78, 5) is 34.7. The third-order valence-corrected chi connectivity index (χ3v) is 4.76. The van der Waals surface area contributed by atoms with Gasteiger partial charge in [-0.2, -0.15) is 4.98 Å². The van der Waals surface area contributed by atoms with E-state index in [9.17, 15) is 9.59 Å². The number of nitrogens with one attached hydrogen (secondary N) is 1. The number of halogens is 1. The summed E-state index contributed by atoms with van der Waals surface area (Å²) >= 11 is 6.18. The molecule has 0 unspecified atom stereocenters. The molecule has 0 aliphatic carbocycles. The topological polar surface area (TPSA) is 103 Å². The van der Waals surface area contributed by atoms with Crippen molar-refractivity contribution in [2.75, 3.05) is 7.11 Å². The Morgan fingerprint density at radius 3 is 2.66 bits per heavy atom. The molecule has 4 aromatic rings. The standard InChI is InChI=1S/C20H16ClN5O3/c1-10-15(19(28)29-3)16(12-5-4-6-13(21)9-12)17-14(22-10)7-8-26(18(17)27)20-23-11(2)24-25-20/h4-9H,1-3H3,(H,23,24,25). The van der Waals surface area contributed by atoms with E-state index >= 15 is 0 Å². The Balaban J connectivity index is 2.17. The van der Waals surface area contributed by atoms with Crippen LogP contribution in [0.5, 0.6) is 0 Å². The number of aromatic nitrogens is 5. The van der Waals surface area contributed by atoms with Crippen molar-refractivity contribution in [2.24, 2.45) is 0 Å². The minimum atomic E-state index is -0.588. The first kappa shape index (κ1) is 18.8. The van der Waals surface area contributed by atoms with Gasteiger partial charge < -0.3 is 4.74 Å². The van der Waals surface area contributed by atoms with Gasteiger partial charge in [-0.1, -0.05) is 23.7 Å². The molecule has 0 saturated heterocycles. The van der Waals surface area contributed by atoms with Crippen LogP contribution in [0.1, 0.15) is 21.9 Å². The van der Waals surface area contributed by atoms with Gasteiger partial charge in [0.25, 0.3) is 11.5 Å². The number of H-pyrrole nitrogens is 1. The molecule has 0 bridgehead atoms. The van der Waals surface area contributed by atoms with Gasteiger partial charge in [-0.15, -0.1) is 5.10 Å². The van der Waals surface area contributed by atoms with Crippen LogP contribution in [-0.4, -0.2) is 37.8 Å². The van der Waals surface area contributed by atoms with Crippen molar-refractivity contribution >= 4 is 28.5 Å². The number of nitrogens with zero attached hydrogens (tertiary/aromatic N) is 4. The molecule has 8 nitrogen and oxygen atoms in total. The summed E-state index contributed by atoms with van der Waals surface area (Å²) in [7, 11) is 1.29. The Morgan fingerprint density at radius 1 is 1.21 bits per heavy atom. The second-order valence-electron chi connectivity index (χ2n) is 6.42. The molecule has 0 saturated carbocycles. The first-order valence-electron chi connectivity index (χ1n) is 8.70. The van der Waals surface area contributed by atoms with Crippen LogP contribution in [0.3, 0.4) is 0 Å². The first-order valence-corrected chi connectivity index (χ1v) is 9.08. The van der Waals surface area contributed by atoms with Crippen LogP contribution < -0.4 is 5.56 Å². The Bertz CT molecular complexity index is 1330. The largest absolute Gasteiger partial charge is 0.465 e. The number of aromatic amines is 1. The lowest BCUT2D eigenvalue weighted by Gasteiger charge is -2.15. The zero-order valence-corrected chi connectivity index (χ0v) is 16.6. The molecule has 0 radical (unpaired) electrons. The van der Waals surface area contributed by atoms with Crippen molar-refractivity contribution in [3.63, 3.8) is 0 Å². The maximum absolute atomic E-state index is 13.4. The Morgan fingerprint density at radius 2 is 2.00 bits per heavy atom. The number of methoxy groups -OCH3 is 1. The van der Waals surface area contributed by atoms with E-state index in [1.54, 1.807) is 50.4 Å². The molecule has 0 aliphatic heterocycles. The second-order valence-corrected chi connectivity index (χ2v) is 6.86. The van der Waals surface area contributed by atoms with Crippen LogP contribution in [0.25, 0.3) is 28.0 Å². The third-order valence-electron chi connectivity index (χ3n) is 4.52. The fourth-order valence-corrected chi connectivity index (χ4v) is 3.47. The maximum atomic E-state index is 13.4. The summed E-state index contributed by atoms with van der Waals surface area (Å²) in [6, 6.07) is 8.62. The van der Waals surface area contributed by atoms with Crippen LogP contribution in [0.4, 0.5) is 0 Å². The number of carbonyl (C=O) groups excluding carboxylic acids is 1. The van der Waals surface area contributed by atoms with Crippen molar-refractivity contribution in [3.05, 3.63) is 69.0 Å². The lowest BCUT2D eigenvalue weighted by molar-refractivity contribution is 0.0600. The summed E-state index contributed by atoms with van der Waals surface area (Å²) in [5.41, 5.74) is 1.71. The zero-order valence-electron chi connectivity index (χ0n) is 15.9. The molecule has 29 heavy (non-hydrogen) atoms. The van der Waals surface area contributed by atoms with Crippen molar-refractivity contribution in [2.45, 2.75) is 13.8 Å². The monoisotopic (exact) mass is 409 g/mol. The van der Waals surface area contributed by atoms with Gasteiger partial charge in [-0.3, -0.25) is 14.9 Å². The third kappa shape index (κ3) is 3.17. The Labute approximate surface area is 170 Å². The van der Waals surface area contributed by atoms with E-state index in [-0.39, 0.29) is 16.9 Å². The fourth-order valence-electron chi connectivity index (χ4n) is 3.28. The first-order chi connectivity index (χ1) is 13.9. The molecule has 9 heteroatoms. The molecular formula is C20H16ClN5O3. The smallest absolute Gasteiger partial charge is 0.340 e. The highest BCUT2D eigenvalue weighted by Crippen LogP contribution is 2.33. The average Bonchev–Trinajstić information content (AvgIpc) is 3.12. The normalized spacial score (nSPS) is 11.0. The Hall–Kier alpha value is -3.52. The van der Waals surface area contributed by atoms with Crippen molar-refractivity contribution < 1.29 is 9.53 Å². The maximum Gasteiger partial charge on any atom is 0.340 e. The van der Waals surface area contributed by atoms with Gasteiger partial charge in [-0.25, -0.2) is 9.36 Å². The van der Waals surface area contributed by atoms with E-state index in [1.807, 2.05) is 0 Å². The van der Waals surface area contributed by atoms with Crippen LogP contribution in [0.15, 0.2) is 41.3 Å². The predicted octanol–water partition coefficient (Wildman–Crippen LogP) is 3.23. The summed E-state index contributed by atoms with van der Waals surface area (Å²) in [6.45, 7) is 3.43. The molecule has 3 aromatic heterocycles. The van der Waals surface area contributed by atoms with Crippen LogP contribution in [0.2, 0.25) is 5.02 Å². The van der Waals surface area contributed by atoms with Gasteiger partial charge in [0.1, 0.15) is 5.82 Å². The number of fused-ring (bicyclic) bond motifs is 1. The van der Waals surface area contributed by atoms with E-state index in [0.717, 1.165) is 0 Å². The van der Waals surface area contributed by atoms with Crippen molar-refractivity contribution in [3.8, 4) is 17.1 Å². The highest BCUT2D eigenvalue weighted by molar-refractivity contribution is 6.31. The van der Waals surface area contributed by atoms with Crippen molar-refractivity contribution in [1.82, 2.24) is 24.7 Å². The highest BCUT2D eigenvalue weighted by Gasteiger charge is 2.24. The number of esters is 1. The molecule has 3 heterocycles. The lowest BCUT2D eigenvalue weighted by atomic mass is 9.95. The summed E-state index contributed by atoms with van der Waals surface area (Å²) in [6.07, 6.45) is 1.55. The van der Waals surface area contributed by atoms with Gasteiger partial charge >= 0.3 is 5.97 Å². The number of ether oxygens (including phenoxy) is 1. The summed E-state index contributed by atoms with van der Waals surface area (Å²) in [5.74, 6) is 0.182. The SMILES string of the molecule is COC(=O)c1c(C)nc2ccn(-c3n[nH]c(C)n3)c(=O)c2c1-c1cccc(Cl)c1. The molecule has 146 valence electrons. The number of pyridine rings is 2. The predicted molar refractivity (Wildman–Crippen MR) is 109 cm³/mol. The highest BCUT2D eigenvalue weighted by atomic mass is 35.5. The number of hydrogen-bond donors (Lipinski definition) is 1. The molecule has 0 aliphatic rings. The van der Waals surface area contributed by atoms with Gasteiger partial charge in [0.05, 0.1) is 29.3 Å². The molecule has 1 aromatic carbocycles. The van der Waals surface area contributed by atoms with Gasteiger partial charge in [-0.05, 0) is 37.6 Å². The lowest BCUT2D eigenvalue weighted by Crippen LogP contribution is -2.21.